The summed E-state index contributed by atoms with van der Waals surface area (Å²) in [5.41, 5.74) is 0. The highest BCUT2D eigenvalue weighted by Gasteiger charge is 2.51. The van der Waals surface area contributed by atoms with E-state index in [0.29, 0.717) is 6.61 Å². The number of hydrogen-bond donors (Lipinski definition) is 1. The highest BCUT2D eigenvalue weighted by Crippen LogP contribution is 2.38. The van der Waals surface area contributed by atoms with E-state index in [-0.39, 0.29) is 23.0 Å². The molecule has 2 aromatic rings. The molecule has 1 N–H and O–H groups in total. The number of benzene rings is 2. The quantitative estimate of drug-likeness (QED) is 0.715. The molecule has 1 fully saturated rings. The first-order chi connectivity index (χ1) is 14.2. The third kappa shape index (κ3) is 4.27. The van der Waals surface area contributed by atoms with E-state index in [1.165, 1.54) is 10.4 Å². The van der Waals surface area contributed by atoms with Crippen molar-refractivity contribution in [1.29, 1.82) is 0 Å². The first-order valence-electron chi connectivity index (χ1n) is 10.8. The number of rotatable bonds is 6. The summed E-state index contributed by atoms with van der Waals surface area (Å²) in [5, 5.41) is 13.1. The molecule has 0 bridgehead atoms. The maximum Gasteiger partial charge on any atom is 0.261 e. The Bertz CT molecular complexity index is 748. The Morgan fingerprint density at radius 2 is 1.40 bits per heavy atom. The lowest BCUT2D eigenvalue weighted by molar-refractivity contribution is -0.257. The third-order valence-electron chi connectivity index (χ3n) is 6.52. The van der Waals surface area contributed by atoms with Crippen molar-refractivity contribution in [3.05, 3.63) is 60.7 Å². The summed E-state index contributed by atoms with van der Waals surface area (Å²) in [7, 11) is -1.01. The Hall–Kier alpha value is -1.50. The van der Waals surface area contributed by atoms with Crippen LogP contribution in [0.25, 0.3) is 0 Å². The van der Waals surface area contributed by atoms with Crippen LogP contribution in [0.2, 0.25) is 5.04 Å². The number of aliphatic hydroxyl groups is 1. The molecule has 0 aromatic heterocycles. The molecule has 1 saturated heterocycles. The molecule has 30 heavy (non-hydrogen) atoms. The van der Waals surface area contributed by atoms with E-state index in [2.05, 4.69) is 69.3 Å². The molecule has 2 aromatic carbocycles. The van der Waals surface area contributed by atoms with Gasteiger partial charge in [-0.2, -0.15) is 0 Å². The first kappa shape index (κ1) is 23.2. The minimum atomic E-state index is -2.64. The summed E-state index contributed by atoms with van der Waals surface area (Å²) < 4.78 is 18.7. The molecule has 0 spiro atoms. The van der Waals surface area contributed by atoms with Crippen molar-refractivity contribution in [2.45, 2.75) is 58.2 Å². The topological polar surface area (TPSA) is 47.9 Å². The summed E-state index contributed by atoms with van der Waals surface area (Å²) in [6.07, 6.45) is -1.15. The van der Waals surface area contributed by atoms with E-state index in [0.717, 1.165) is 0 Å². The van der Waals surface area contributed by atoms with Gasteiger partial charge in [0.05, 0.1) is 18.8 Å². The number of aliphatic hydroxyl groups excluding tert-OH is 1. The van der Waals surface area contributed by atoms with Gasteiger partial charge in [0.1, 0.15) is 0 Å². The van der Waals surface area contributed by atoms with E-state index < -0.39 is 20.7 Å². The smallest absolute Gasteiger partial charge is 0.261 e. The van der Waals surface area contributed by atoms with Crippen molar-refractivity contribution >= 4 is 18.7 Å². The molecule has 0 saturated carbocycles. The number of ether oxygens (including phenoxy) is 2. The van der Waals surface area contributed by atoms with Crippen molar-refractivity contribution in [3.8, 4) is 0 Å². The molecular formula is C25H36O4Si. The van der Waals surface area contributed by atoms with Crippen LogP contribution in [0.1, 0.15) is 34.6 Å². The first-order valence-corrected chi connectivity index (χ1v) is 12.7. The van der Waals surface area contributed by atoms with E-state index in [1.54, 1.807) is 7.11 Å². The number of hydrogen-bond acceptors (Lipinski definition) is 4. The molecule has 4 nitrogen and oxygen atoms in total. The lowest BCUT2D eigenvalue weighted by atomic mass is 9.86. The van der Waals surface area contributed by atoms with Crippen LogP contribution in [0, 0.1) is 11.8 Å². The molecule has 5 atom stereocenters. The second-order valence-corrected chi connectivity index (χ2v) is 13.8. The summed E-state index contributed by atoms with van der Waals surface area (Å²) in [6.45, 7) is 11.2. The summed E-state index contributed by atoms with van der Waals surface area (Å²) >= 11 is 0. The maximum atomic E-state index is 10.7. The van der Waals surface area contributed by atoms with Crippen LogP contribution in [0.15, 0.2) is 60.7 Å². The van der Waals surface area contributed by atoms with Crippen LogP contribution >= 0.6 is 0 Å². The Labute approximate surface area is 182 Å². The third-order valence-corrected chi connectivity index (χ3v) is 11.5. The largest absolute Gasteiger partial charge is 0.405 e. The van der Waals surface area contributed by atoms with E-state index in [4.69, 9.17) is 13.9 Å². The average Bonchev–Trinajstić information content (AvgIpc) is 2.74. The van der Waals surface area contributed by atoms with Gasteiger partial charge in [-0.3, -0.25) is 0 Å². The highest BCUT2D eigenvalue weighted by molar-refractivity contribution is 6.99. The van der Waals surface area contributed by atoms with Crippen LogP contribution in [0.4, 0.5) is 0 Å². The molecule has 0 unspecified atom stereocenters. The minimum Gasteiger partial charge on any atom is -0.405 e. The van der Waals surface area contributed by atoms with Gasteiger partial charge < -0.3 is 19.0 Å². The monoisotopic (exact) mass is 428 g/mol. The van der Waals surface area contributed by atoms with Crippen LogP contribution in [-0.2, 0) is 13.9 Å². The molecule has 0 amide bonds. The van der Waals surface area contributed by atoms with Gasteiger partial charge in [0, 0.05) is 18.9 Å². The van der Waals surface area contributed by atoms with E-state index in [1.807, 2.05) is 26.0 Å². The van der Waals surface area contributed by atoms with Crippen molar-refractivity contribution in [2.75, 3.05) is 13.7 Å². The lowest BCUT2D eigenvalue weighted by Crippen LogP contribution is -2.67. The van der Waals surface area contributed by atoms with Crippen molar-refractivity contribution in [1.82, 2.24) is 0 Å². The summed E-state index contributed by atoms with van der Waals surface area (Å²) in [6, 6.07) is 21.2. The molecule has 0 aliphatic carbocycles. The maximum absolute atomic E-state index is 10.7. The summed E-state index contributed by atoms with van der Waals surface area (Å²) in [5.74, 6) is -0.112. The zero-order valence-corrected chi connectivity index (χ0v) is 20.0. The Kier molecular flexibility index (Phi) is 7.20. The molecular weight excluding hydrogens is 392 g/mol. The van der Waals surface area contributed by atoms with Crippen molar-refractivity contribution in [3.63, 3.8) is 0 Å². The molecule has 0 radical (unpaired) electrons. The standard InChI is InChI=1S/C25H36O4Si/c1-18-22(29-24(27-6)19(2)23(18)26)17-28-30(25(3,4)5,20-13-9-7-10-14-20)21-15-11-8-12-16-21/h7-16,18-19,22-24,26H,17H2,1-6H3/t18-,19+,22+,23+,24-/m0/s1. The van der Waals surface area contributed by atoms with Gasteiger partial charge in [-0.25, -0.2) is 0 Å². The Balaban J connectivity index is 2.00. The number of methoxy groups -OCH3 is 1. The zero-order valence-electron chi connectivity index (χ0n) is 19.0. The van der Waals surface area contributed by atoms with Gasteiger partial charge in [-0.1, -0.05) is 95.3 Å². The van der Waals surface area contributed by atoms with Gasteiger partial charge in [-0.05, 0) is 15.4 Å². The fourth-order valence-electron chi connectivity index (χ4n) is 4.71. The van der Waals surface area contributed by atoms with Crippen LogP contribution in [0.3, 0.4) is 0 Å². The molecule has 1 aliphatic heterocycles. The van der Waals surface area contributed by atoms with E-state index >= 15 is 0 Å². The van der Waals surface area contributed by atoms with Crippen LogP contribution < -0.4 is 10.4 Å². The predicted octanol–water partition coefficient (Wildman–Crippen LogP) is 3.57. The van der Waals surface area contributed by atoms with Crippen LogP contribution in [0.5, 0.6) is 0 Å². The van der Waals surface area contributed by atoms with Crippen molar-refractivity contribution in [2.24, 2.45) is 11.8 Å². The predicted molar refractivity (Wildman–Crippen MR) is 124 cm³/mol. The van der Waals surface area contributed by atoms with Gasteiger partial charge >= 0.3 is 0 Å². The highest BCUT2D eigenvalue weighted by atomic mass is 28.4. The second kappa shape index (κ2) is 9.33. The Morgan fingerprint density at radius 3 is 1.83 bits per heavy atom. The minimum absolute atomic E-state index is 0.0374. The van der Waals surface area contributed by atoms with Crippen molar-refractivity contribution < 1.29 is 19.0 Å². The van der Waals surface area contributed by atoms with Gasteiger partial charge in [0.2, 0.25) is 0 Å². The van der Waals surface area contributed by atoms with Gasteiger partial charge in [0.25, 0.3) is 8.32 Å². The molecule has 1 aliphatic rings. The van der Waals surface area contributed by atoms with E-state index in [9.17, 15) is 5.11 Å². The SMILES string of the molecule is CO[C@H]1O[C@H](CO[Si](c2ccccc2)(c2ccccc2)C(C)(C)C)[C@H](C)[C@@H](O)[C@H]1C. The van der Waals surface area contributed by atoms with Crippen LogP contribution in [-0.4, -0.2) is 45.6 Å². The van der Waals surface area contributed by atoms with Gasteiger partial charge in [0.15, 0.2) is 6.29 Å². The fourth-order valence-corrected chi connectivity index (χ4v) is 9.28. The fraction of sp³-hybridized carbons (Fsp3) is 0.520. The Morgan fingerprint density at radius 1 is 0.900 bits per heavy atom. The summed E-state index contributed by atoms with van der Waals surface area (Å²) in [4.78, 5) is 0. The molecule has 164 valence electrons. The molecule has 3 rings (SSSR count). The lowest BCUT2D eigenvalue weighted by Gasteiger charge is -2.46. The second-order valence-electron chi connectivity index (χ2n) is 9.46. The normalized spacial score (nSPS) is 27.8. The average molecular weight is 429 g/mol. The molecule has 5 heteroatoms. The van der Waals surface area contributed by atoms with Gasteiger partial charge in [-0.15, -0.1) is 0 Å². The molecule has 1 heterocycles. The zero-order chi connectivity index (χ0) is 21.9.